The van der Waals surface area contributed by atoms with Gasteiger partial charge in [-0.3, -0.25) is 9.59 Å². The number of carbonyl (C=O) groups excluding carboxylic acids is 2. The molecule has 0 radical (unpaired) electrons. The maximum Gasteiger partial charge on any atom is 0.304 e. The van der Waals surface area contributed by atoms with Gasteiger partial charge in [0, 0.05) is 27.7 Å². The normalized spacial score (nSPS) is 12.2. The number of nitrogens with zero attached hydrogens (tertiary/aromatic N) is 3. The first-order chi connectivity index (χ1) is 15.9. The SMILES string of the molecule is CNC(=O)C(C)N(Cc1ccc(OC)cc1)C(=O)CN(c1cc(C)ccc1C)S(=O)(=O)N(C)C. The van der Waals surface area contributed by atoms with Crippen LogP contribution in [0.15, 0.2) is 42.5 Å². The number of aryl methyl sites for hydroxylation is 2. The van der Waals surface area contributed by atoms with Crippen LogP contribution in [-0.4, -0.2) is 70.3 Å². The maximum absolute atomic E-state index is 13.6. The van der Waals surface area contributed by atoms with E-state index in [2.05, 4.69) is 5.32 Å². The molecule has 0 fully saturated rings. The van der Waals surface area contributed by atoms with Crippen molar-refractivity contribution in [3.05, 3.63) is 59.2 Å². The Labute approximate surface area is 202 Å². The third-order valence-corrected chi connectivity index (χ3v) is 7.38. The molecule has 0 heterocycles. The van der Waals surface area contributed by atoms with E-state index in [-0.39, 0.29) is 12.5 Å². The molecule has 0 aliphatic heterocycles. The van der Waals surface area contributed by atoms with Crippen LogP contribution in [-0.2, 0) is 26.3 Å². The Morgan fingerprint density at radius 1 is 1.06 bits per heavy atom. The summed E-state index contributed by atoms with van der Waals surface area (Å²) in [5.74, 6) is -0.187. The van der Waals surface area contributed by atoms with Crippen molar-refractivity contribution in [2.45, 2.75) is 33.4 Å². The molecule has 0 bridgehead atoms. The molecular weight excluding hydrogens is 456 g/mol. The highest BCUT2D eigenvalue weighted by Crippen LogP contribution is 2.26. The van der Waals surface area contributed by atoms with Crippen LogP contribution >= 0.6 is 0 Å². The molecule has 2 aromatic carbocycles. The molecule has 34 heavy (non-hydrogen) atoms. The zero-order valence-electron chi connectivity index (χ0n) is 20.8. The number of benzene rings is 2. The molecule has 1 N–H and O–H groups in total. The molecule has 0 aliphatic carbocycles. The number of likely N-dealkylation sites (N-methyl/N-ethyl adjacent to an activating group) is 1. The van der Waals surface area contributed by atoms with Gasteiger partial charge in [-0.05, 0) is 55.7 Å². The molecule has 10 heteroatoms. The summed E-state index contributed by atoms with van der Waals surface area (Å²) in [6, 6.07) is 11.7. The average molecular weight is 491 g/mol. The number of hydrogen-bond acceptors (Lipinski definition) is 5. The van der Waals surface area contributed by atoms with Gasteiger partial charge in [-0.15, -0.1) is 0 Å². The summed E-state index contributed by atoms with van der Waals surface area (Å²) in [5.41, 5.74) is 2.77. The molecular formula is C24H34N4O5S. The smallest absolute Gasteiger partial charge is 0.304 e. The lowest BCUT2D eigenvalue weighted by molar-refractivity contribution is -0.139. The number of rotatable bonds is 10. The second kappa shape index (κ2) is 11.3. The molecule has 1 unspecified atom stereocenters. The Morgan fingerprint density at radius 2 is 1.68 bits per heavy atom. The van der Waals surface area contributed by atoms with Crippen LogP contribution in [0, 0.1) is 13.8 Å². The Morgan fingerprint density at radius 3 is 2.21 bits per heavy atom. The fourth-order valence-electron chi connectivity index (χ4n) is 3.41. The summed E-state index contributed by atoms with van der Waals surface area (Å²) >= 11 is 0. The van der Waals surface area contributed by atoms with Crippen molar-refractivity contribution in [2.24, 2.45) is 0 Å². The fraction of sp³-hybridized carbons (Fsp3) is 0.417. The van der Waals surface area contributed by atoms with E-state index in [1.54, 1.807) is 51.3 Å². The average Bonchev–Trinajstić information content (AvgIpc) is 2.81. The molecule has 0 saturated heterocycles. The lowest BCUT2D eigenvalue weighted by Crippen LogP contribution is -2.52. The number of anilines is 1. The highest BCUT2D eigenvalue weighted by atomic mass is 32.2. The van der Waals surface area contributed by atoms with E-state index in [4.69, 9.17) is 4.74 Å². The van der Waals surface area contributed by atoms with Crippen molar-refractivity contribution >= 4 is 27.7 Å². The predicted octanol–water partition coefficient (Wildman–Crippen LogP) is 2.09. The van der Waals surface area contributed by atoms with Gasteiger partial charge >= 0.3 is 10.2 Å². The lowest BCUT2D eigenvalue weighted by Gasteiger charge is -2.33. The summed E-state index contributed by atoms with van der Waals surface area (Å²) in [5, 5.41) is 2.56. The van der Waals surface area contributed by atoms with Crippen molar-refractivity contribution < 1.29 is 22.7 Å². The molecule has 1 atom stereocenters. The molecule has 0 aromatic heterocycles. The Balaban J connectivity index is 2.48. The van der Waals surface area contributed by atoms with Crippen LogP contribution in [0.5, 0.6) is 5.75 Å². The number of methoxy groups -OCH3 is 1. The van der Waals surface area contributed by atoms with E-state index in [0.29, 0.717) is 17.0 Å². The van der Waals surface area contributed by atoms with E-state index in [9.17, 15) is 18.0 Å². The van der Waals surface area contributed by atoms with E-state index >= 15 is 0 Å². The summed E-state index contributed by atoms with van der Waals surface area (Å²) in [6.45, 7) is 4.93. The highest BCUT2D eigenvalue weighted by molar-refractivity contribution is 7.90. The summed E-state index contributed by atoms with van der Waals surface area (Å²) in [6.07, 6.45) is 0. The molecule has 0 spiro atoms. The van der Waals surface area contributed by atoms with Gasteiger partial charge in [-0.2, -0.15) is 12.7 Å². The lowest BCUT2D eigenvalue weighted by atomic mass is 10.1. The number of hydrogen-bond donors (Lipinski definition) is 1. The Hall–Kier alpha value is -3.11. The van der Waals surface area contributed by atoms with Crippen LogP contribution in [0.4, 0.5) is 5.69 Å². The molecule has 0 aliphatic rings. The largest absolute Gasteiger partial charge is 0.497 e. The van der Waals surface area contributed by atoms with Crippen LogP contribution < -0.4 is 14.4 Å². The van der Waals surface area contributed by atoms with E-state index in [0.717, 1.165) is 19.7 Å². The second-order valence-electron chi connectivity index (χ2n) is 8.25. The number of nitrogens with one attached hydrogen (secondary N) is 1. The van der Waals surface area contributed by atoms with Crippen molar-refractivity contribution in [3.8, 4) is 5.75 Å². The molecule has 2 amide bonds. The topological polar surface area (TPSA) is 99.3 Å². The van der Waals surface area contributed by atoms with Gasteiger partial charge in [0.1, 0.15) is 18.3 Å². The van der Waals surface area contributed by atoms with Crippen molar-refractivity contribution in [3.63, 3.8) is 0 Å². The Bertz CT molecular complexity index is 1120. The van der Waals surface area contributed by atoms with Gasteiger partial charge < -0.3 is 15.0 Å². The summed E-state index contributed by atoms with van der Waals surface area (Å²) in [7, 11) is 1.90. The zero-order valence-corrected chi connectivity index (χ0v) is 21.6. The van der Waals surface area contributed by atoms with Crippen molar-refractivity contribution in [2.75, 3.05) is 39.1 Å². The van der Waals surface area contributed by atoms with Gasteiger partial charge in [0.25, 0.3) is 0 Å². The molecule has 2 aromatic rings. The van der Waals surface area contributed by atoms with Crippen molar-refractivity contribution in [1.29, 1.82) is 0 Å². The second-order valence-corrected chi connectivity index (χ2v) is 10.3. The van der Waals surface area contributed by atoms with E-state index in [1.807, 2.05) is 19.1 Å². The first-order valence-corrected chi connectivity index (χ1v) is 12.2. The first-order valence-electron chi connectivity index (χ1n) is 10.8. The van der Waals surface area contributed by atoms with Gasteiger partial charge in [0.15, 0.2) is 0 Å². The zero-order chi connectivity index (χ0) is 25.6. The third-order valence-electron chi connectivity index (χ3n) is 5.58. The molecule has 0 saturated carbocycles. The van der Waals surface area contributed by atoms with Crippen LogP contribution in [0.2, 0.25) is 0 Å². The quantitative estimate of drug-likeness (QED) is 0.550. The van der Waals surface area contributed by atoms with E-state index < -0.39 is 28.7 Å². The minimum atomic E-state index is -3.99. The summed E-state index contributed by atoms with van der Waals surface area (Å²) < 4.78 is 33.8. The maximum atomic E-state index is 13.6. The number of ether oxygens (including phenoxy) is 1. The third kappa shape index (κ3) is 6.27. The monoisotopic (exact) mass is 490 g/mol. The van der Waals surface area contributed by atoms with Crippen molar-refractivity contribution in [1.82, 2.24) is 14.5 Å². The minimum absolute atomic E-state index is 0.125. The summed E-state index contributed by atoms with van der Waals surface area (Å²) in [4.78, 5) is 27.4. The van der Waals surface area contributed by atoms with Crippen LogP contribution in [0.25, 0.3) is 0 Å². The van der Waals surface area contributed by atoms with Crippen LogP contribution in [0.1, 0.15) is 23.6 Å². The standard InChI is InChI=1S/C24H34N4O5S/c1-17-8-9-18(2)22(14-17)28(34(31,32)26(5)6)16-23(29)27(19(3)24(30)25-4)15-20-10-12-21(33-7)13-11-20/h8-14,19H,15-16H2,1-7H3,(H,25,30). The highest BCUT2D eigenvalue weighted by Gasteiger charge is 2.33. The van der Waals surface area contributed by atoms with Crippen LogP contribution in [0.3, 0.4) is 0 Å². The number of carbonyl (C=O) groups is 2. The van der Waals surface area contributed by atoms with Gasteiger partial charge in [-0.1, -0.05) is 24.3 Å². The van der Waals surface area contributed by atoms with Gasteiger partial charge in [0.05, 0.1) is 12.8 Å². The van der Waals surface area contributed by atoms with Gasteiger partial charge in [0.2, 0.25) is 11.8 Å². The minimum Gasteiger partial charge on any atom is -0.497 e. The number of amides is 2. The molecule has 186 valence electrons. The first kappa shape index (κ1) is 27.1. The predicted molar refractivity (Wildman–Crippen MR) is 133 cm³/mol. The molecule has 9 nitrogen and oxygen atoms in total. The fourth-order valence-corrected chi connectivity index (χ4v) is 4.52. The van der Waals surface area contributed by atoms with Gasteiger partial charge in [-0.25, -0.2) is 4.31 Å². The molecule has 2 rings (SSSR count). The van der Waals surface area contributed by atoms with E-state index in [1.165, 1.54) is 26.0 Å². The Kier molecular flexibility index (Phi) is 9.06.